The third kappa shape index (κ3) is 5.05. The number of tetrazole rings is 1. The number of nitrogens with zero attached hydrogens (tertiary/aromatic N) is 6. The van der Waals surface area contributed by atoms with Gasteiger partial charge in [0, 0.05) is 37.4 Å². The highest BCUT2D eigenvalue weighted by Gasteiger charge is 2.33. The molecule has 3 aromatic carbocycles. The van der Waals surface area contributed by atoms with Crippen LogP contribution in [0, 0.1) is 12.7 Å². The molecule has 1 atom stereocenters. The molecule has 6 rings (SSSR count). The first-order chi connectivity index (χ1) is 19.5. The molecule has 0 radical (unpaired) electrons. The van der Waals surface area contributed by atoms with E-state index >= 15 is 0 Å². The van der Waals surface area contributed by atoms with Crippen LogP contribution in [-0.2, 0) is 6.54 Å². The zero-order valence-electron chi connectivity index (χ0n) is 22.4. The number of aryl methyl sites for hydroxylation is 1. The second kappa shape index (κ2) is 10.9. The normalized spacial score (nSPS) is 14.9. The van der Waals surface area contributed by atoms with Crippen molar-refractivity contribution in [3.05, 3.63) is 111 Å². The summed E-state index contributed by atoms with van der Waals surface area (Å²) < 4.78 is 20.5. The number of aromatic amines is 1. The fourth-order valence-corrected chi connectivity index (χ4v) is 5.42. The fourth-order valence-electron chi connectivity index (χ4n) is 5.42. The van der Waals surface area contributed by atoms with E-state index in [1.807, 2.05) is 43.3 Å². The Morgan fingerprint density at radius 3 is 2.48 bits per heavy atom. The van der Waals surface area contributed by atoms with Gasteiger partial charge in [0.1, 0.15) is 17.6 Å². The first-order valence-corrected chi connectivity index (χ1v) is 13.3. The first-order valence-electron chi connectivity index (χ1n) is 13.3. The number of ether oxygens (including phenoxy) is 1. The number of H-pyrrole nitrogens is 1. The van der Waals surface area contributed by atoms with Gasteiger partial charge in [-0.15, -0.1) is 5.10 Å². The summed E-state index contributed by atoms with van der Waals surface area (Å²) in [7, 11) is 1.66. The van der Waals surface area contributed by atoms with Crippen molar-refractivity contribution in [2.45, 2.75) is 19.5 Å². The number of rotatable bonds is 7. The topological polar surface area (TPSA) is 92.2 Å². The second-order valence-corrected chi connectivity index (χ2v) is 10.0. The molecule has 0 spiro atoms. The monoisotopic (exact) mass is 539 g/mol. The number of pyridine rings is 1. The van der Waals surface area contributed by atoms with Crippen LogP contribution in [0.5, 0.6) is 5.75 Å². The standard InChI is InChI=1S/C30H30FN7O2/c1-20-4-3-5-22-18-26(30(39)32-27(20)22)28(29-33-34-35-38(29)19-21-6-8-23(31)9-7-21)37-16-14-36(15-17-37)24-10-12-25(40-2)13-11-24/h3-13,18,28H,14-17,19H2,1-2H3,(H,32,39). The summed E-state index contributed by atoms with van der Waals surface area (Å²) in [5.41, 5.74) is 4.24. The summed E-state index contributed by atoms with van der Waals surface area (Å²) in [5.74, 6) is 1.09. The average molecular weight is 540 g/mol. The molecule has 2 aromatic heterocycles. The highest BCUT2D eigenvalue weighted by molar-refractivity contribution is 5.82. The lowest BCUT2D eigenvalue weighted by molar-refractivity contribution is 0.200. The molecule has 0 saturated carbocycles. The van der Waals surface area contributed by atoms with Crippen molar-refractivity contribution in [2.75, 3.05) is 38.2 Å². The smallest absolute Gasteiger partial charge is 0.253 e. The molecule has 0 amide bonds. The molecule has 1 saturated heterocycles. The third-order valence-corrected chi connectivity index (χ3v) is 7.58. The number of anilines is 1. The van der Waals surface area contributed by atoms with Gasteiger partial charge in [0.05, 0.1) is 19.2 Å². The Morgan fingerprint density at radius 1 is 1.00 bits per heavy atom. The third-order valence-electron chi connectivity index (χ3n) is 7.58. The number of methoxy groups -OCH3 is 1. The average Bonchev–Trinajstić information content (AvgIpc) is 3.43. The van der Waals surface area contributed by atoms with Gasteiger partial charge in [-0.1, -0.05) is 30.3 Å². The SMILES string of the molecule is COc1ccc(N2CCN(C(c3cc4cccc(C)c4[nH]c3=O)c3nnnn3Cc3ccc(F)cc3)CC2)cc1. The number of nitrogens with one attached hydrogen (secondary N) is 1. The van der Waals surface area contributed by atoms with Crippen molar-refractivity contribution in [1.82, 2.24) is 30.1 Å². The molecule has 1 unspecified atom stereocenters. The maximum atomic E-state index is 13.6. The molecule has 3 heterocycles. The van der Waals surface area contributed by atoms with E-state index in [2.05, 4.69) is 42.4 Å². The Bertz CT molecular complexity index is 1670. The summed E-state index contributed by atoms with van der Waals surface area (Å²) in [6.07, 6.45) is 0. The minimum atomic E-state index is -0.470. The van der Waals surface area contributed by atoms with Gasteiger partial charge in [0.25, 0.3) is 5.56 Å². The maximum absolute atomic E-state index is 13.6. The lowest BCUT2D eigenvalue weighted by Crippen LogP contribution is -2.49. The van der Waals surface area contributed by atoms with Gasteiger partial charge in [-0.3, -0.25) is 9.69 Å². The van der Waals surface area contributed by atoms with Crippen LogP contribution in [0.4, 0.5) is 10.1 Å². The van der Waals surface area contributed by atoms with Crippen LogP contribution in [-0.4, -0.2) is 63.4 Å². The minimum absolute atomic E-state index is 0.166. The van der Waals surface area contributed by atoms with Gasteiger partial charge in [-0.25, -0.2) is 9.07 Å². The molecule has 1 N–H and O–H groups in total. The molecule has 5 aromatic rings. The van der Waals surface area contributed by atoms with Crippen molar-refractivity contribution in [2.24, 2.45) is 0 Å². The molecule has 9 nitrogen and oxygen atoms in total. The van der Waals surface area contributed by atoms with Crippen LogP contribution in [0.1, 0.15) is 28.6 Å². The molecule has 0 bridgehead atoms. The second-order valence-electron chi connectivity index (χ2n) is 10.0. The molecular formula is C30H30FN7O2. The molecule has 10 heteroatoms. The van der Waals surface area contributed by atoms with Crippen LogP contribution in [0.3, 0.4) is 0 Å². The molecule has 40 heavy (non-hydrogen) atoms. The van der Waals surface area contributed by atoms with Crippen molar-refractivity contribution < 1.29 is 9.13 Å². The number of hydrogen-bond acceptors (Lipinski definition) is 7. The van der Waals surface area contributed by atoms with E-state index in [0.29, 0.717) is 31.0 Å². The Kier molecular flexibility index (Phi) is 7.00. The number of piperazine rings is 1. The zero-order chi connectivity index (χ0) is 27.6. The zero-order valence-corrected chi connectivity index (χ0v) is 22.4. The van der Waals surface area contributed by atoms with Gasteiger partial charge in [-0.05, 0) is 76.3 Å². The molecule has 0 aliphatic carbocycles. The van der Waals surface area contributed by atoms with Crippen LogP contribution in [0.25, 0.3) is 10.9 Å². The van der Waals surface area contributed by atoms with Gasteiger partial charge >= 0.3 is 0 Å². The lowest BCUT2D eigenvalue weighted by atomic mass is 10.0. The maximum Gasteiger partial charge on any atom is 0.253 e. The summed E-state index contributed by atoms with van der Waals surface area (Å²) >= 11 is 0. The van der Waals surface area contributed by atoms with Crippen molar-refractivity contribution in [1.29, 1.82) is 0 Å². The van der Waals surface area contributed by atoms with E-state index < -0.39 is 6.04 Å². The van der Waals surface area contributed by atoms with Crippen LogP contribution in [0.2, 0.25) is 0 Å². The number of para-hydroxylation sites is 1. The van der Waals surface area contributed by atoms with Gasteiger partial charge in [-0.2, -0.15) is 0 Å². The van der Waals surface area contributed by atoms with E-state index in [4.69, 9.17) is 4.74 Å². The molecule has 1 fully saturated rings. The molecule has 204 valence electrons. The van der Waals surface area contributed by atoms with E-state index in [1.165, 1.54) is 12.1 Å². The van der Waals surface area contributed by atoms with E-state index in [1.54, 1.807) is 23.9 Å². The summed E-state index contributed by atoms with van der Waals surface area (Å²) in [4.78, 5) is 21.3. The highest BCUT2D eigenvalue weighted by atomic mass is 19.1. The highest BCUT2D eigenvalue weighted by Crippen LogP contribution is 2.30. The van der Waals surface area contributed by atoms with Gasteiger partial charge in [0.2, 0.25) is 0 Å². The lowest BCUT2D eigenvalue weighted by Gasteiger charge is -2.39. The number of benzene rings is 3. The number of halogens is 1. The Balaban J connectivity index is 1.36. The predicted molar refractivity (Wildman–Crippen MR) is 151 cm³/mol. The Morgan fingerprint density at radius 2 is 1.75 bits per heavy atom. The largest absolute Gasteiger partial charge is 0.497 e. The fraction of sp³-hybridized carbons (Fsp3) is 0.267. The number of fused-ring (bicyclic) bond motifs is 1. The summed E-state index contributed by atoms with van der Waals surface area (Å²) in [5, 5.41) is 13.6. The van der Waals surface area contributed by atoms with Crippen molar-refractivity contribution >= 4 is 16.6 Å². The van der Waals surface area contributed by atoms with Gasteiger partial charge < -0.3 is 14.6 Å². The van der Waals surface area contributed by atoms with Crippen LogP contribution < -0.4 is 15.2 Å². The Hall–Kier alpha value is -4.57. The number of hydrogen-bond donors (Lipinski definition) is 1. The summed E-state index contributed by atoms with van der Waals surface area (Å²) in [6.45, 7) is 5.28. The van der Waals surface area contributed by atoms with E-state index in [9.17, 15) is 9.18 Å². The molecule has 1 aliphatic rings. The van der Waals surface area contributed by atoms with Crippen molar-refractivity contribution in [3.8, 4) is 5.75 Å². The van der Waals surface area contributed by atoms with E-state index in [-0.39, 0.29) is 11.4 Å². The van der Waals surface area contributed by atoms with Crippen LogP contribution >= 0.6 is 0 Å². The quantitative estimate of drug-likeness (QED) is 0.335. The summed E-state index contributed by atoms with van der Waals surface area (Å²) in [6, 6.07) is 21.8. The Labute approximate surface area is 230 Å². The first kappa shape index (κ1) is 25.7. The minimum Gasteiger partial charge on any atom is -0.497 e. The van der Waals surface area contributed by atoms with Gasteiger partial charge in [0.15, 0.2) is 5.82 Å². The van der Waals surface area contributed by atoms with Crippen LogP contribution in [0.15, 0.2) is 77.6 Å². The van der Waals surface area contributed by atoms with E-state index in [0.717, 1.165) is 46.6 Å². The molecular weight excluding hydrogens is 509 g/mol. The predicted octanol–water partition coefficient (Wildman–Crippen LogP) is 3.93. The van der Waals surface area contributed by atoms with Crippen molar-refractivity contribution in [3.63, 3.8) is 0 Å². The number of aromatic nitrogens is 5. The molecule has 1 aliphatic heterocycles.